The molecule has 0 saturated heterocycles. The first kappa shape index (κ1) is 13.4. The quantitative estimate of drug-likeness (QED) is 0.865. The number of halogens is 2. The van der Waals surface area contributed by atoms with Gasteiger partial charge in [0.25, 0.3) is 0 Å². The molecule has 2 rings (SSSR count). The SMILES string of the molecule is NC1(CNS(=O)(=O)c2cc(F)cc(F)c2)CCC1. The molecule has 0 radical (unpaired) electrons. The van der Waals surface area contributed by atoms with Crippen molar-refractivity contribution in [3.8, 4) is 0 Å². The average Bonchev–Trinajstić information content (AvgIpc) is 2.22. The van der Waals surface area contributed by atoms with Gasteiger partial charge in [-0.25, -0.2) is 21.9 Å². The fourth-order valence-electron chi connectivity index (χ4n) is 1.81. The maximum absolute atomic E-state index is 13.0. The zero-order valence-electron chi connectivity index (χ0n) is 9.62. The van der Waals surface area contributed by atoms with Crippen molar-refractivity contribution in [3.05, 3.63) is 29.8 Å². The summed E-state index contributed by atoms with van der Waals surface area (Å²) >= 11 is 0. The van der Waals surface area contributed by atoms with Crippen LogP contribution in [0.2, 0.25) is 0 Å². The van der Waals surface area contributed by atoms with Crippen LogP contribution in [-0.2, 0) is 10.0 Å². The summed E-state index contributed by atoms with van der Waals surface area (Å²) in [6.07, 6.45) is 2.45. The molecule has 100 valence electrons. The highest BCUT2D eigenvalue weighted by atomic mass is 32.2. The topological polar surface area (TPSA) is 72.2 Å². The van der Waals surface area contributed by atoms with Gasteiger partial charge in [-0.3, -0.25) is 0 Å². The lowest BCUT2D eigenvalue weighted by Gasteiger charge is -2.37. The first-order valence-electron chi connectivity index (χ1n) is 5.55. The number of nitrogens with one attached hydrogen (secondary N) is 1. The van der Waals surface area contributed by atoms with Gasteiger partial charge in [-0.1, -0.05) is 0 Å². The fourth-order valence-corrected chi connectivity index (χ4v) is 2.99. The Kier molecular flexibility index (Phi) is 3.39. The Morgan fingerprint density at radius 1 is 1.22 bits per heavy atom. The predicted molar refractivity (Wildman–Crippen MR) is 62.3 cm³/mol. The van der Waals surface area contributed by atoms with Crippen molar-refractivity contribution in [2.75, 3.05) is 6.54 Å². The minimum absolute atomic E-state index is 0.0769. The van der Waals surface area contributed by atoms with Gasteiger partial charge < -0.3 is 5.73 Å². The van der Waals surface area contributed by atoms with Crippen molar-refractivity contribution in [3.63, 3.8) is 0 Å². The second kappa shape index (κ2) is 4.56. The molecule has 0 bridgehead atoms. The van der Waals surface area contributed by atoms with Crippen molar-refractivity contribution in [1.82, 2.24) is 4.72 Å². The lowest BCUT2D eigenvalue weighted by molar-refractivity contribution is 0.251. The minimum atomic E-state index is -3.92. The molecule has 3 N–H and O–H groups in total. The van der Waals surface area contributed by atoms with Crippen LogP contribution < -0.4 is 10.5 Å². The Hall–Kier alpha value is -1.05. The van der Waals surface area contributed by atoms with Gasteiger partial charge in [0.15, 0.2) is 0 Å². The van der Waals surface area contributed by atoms with Gasteiger partial charge in [0.2, 0.25) is 10.0 Å². The Balaban J connectivity index is 2.14. The van der Waals surface area contributed by atoms with Crippen LogP contribution in [0.1, 0.15) is 19.3 Å². The van der Waals surface area contributed by atoms with Crippen LogP contribution in [0.4, 0.5) is 8.78 Å². The Bertz CT molecular complexity index is 536. The number of benzene rings is 1. The van der Waals surface area contributed by atoms with E-state index in [4.69, 9.17) is 5.73 Å². The van der Waals surface area contributed by atoms with E-state index < -0.39 is 32.1 Å². The van der Waals surface area contributed by atoms with Crippen molar-refractivity contribution < 1.29 is 17.2 Å². The molecule has 1 aliphatic carbocycles. The van der Waals surface area contributed by atoms with Gasteiger partial charge in [0.05, 0.1) is 4.90 Å². The second-order valence-electron chi connectivity index (χ2n) is 4.65. The van der Waals surface area contributed by atoms with Crippen LogP contribution in [0, 0.1) is 11.6 Å². The molecule has 1 aromatic rings. The zero-order chi connectivity index (χ0) is 13.4. The molecule has 0 heterocycles. The molecule has 0 aromatic heterocycles. The summed E-state index contributed by atoms with van der Waals surface area (Å²) in [6.45, 7) is 0.0769. The van der Waals surface area contributed by atoms with Crippen LogP contribution in [0.15, 0.2) is 23.1 Å². The van der Waals surface area contributed by atoms with Crippen LogP contribution in [0.25, 0.3) is 0 Å². The largest absolute Gasteiger partial charge is 0.324 e. The summed E-state index contributed by atoms with van der Waals surface area (Å²) in [5, 5.41) is 0. The van der Waals surface area contributed by atoms with Crippen molar-refractivity contribution in [2.24, 2.45) is 5.73 Å². The van der Waals surface area contributed by atoms with Gasteiger partial charge in [-0.05, 0) is 31.4 Å². The average molecular weight is 276 g/mol. The molecular formula is C11H14F2N2O2S. The van der Waals surface area contributed by atoms with E-state index >= 15 is 0 Å². The first-order chi connectivity index (χ1) is 8.31. The van der Waals surface area contributed by atoms with Gasteiger partial charge >= 0.3 is 0 Å². The van der Waals surface area contributed by atoms with E-state index in [1.807, 2.05) is 0 Å². The van der Waals surface area contributed by atoms with Crippen molar-refractivity contribution in [1.29, 1.82) is 0 Å². The Labute approximate surface area is 104 Å². The summed E-state index contributed by atoms with van der Waals surface area (Å²) in [4.78, 5) is -0.428. The number of nitrogens with two attached hydrogens (primary N) is 1. The molecule has 0 spiro atoms. The number of hydrogen-bond acceptors (Lipinski definition) is 3. The molecule has 0 aliphatic heterocycles. The van der Waals surface area contributed by atoms with Crippen LogP contribution in [0.3, 0.4) is 0 Å². The van der Waals surface area contributed by atoms with Gasteiger partial charge in [0, 0.05) is 18.2 Å². The van der Waals surface area contributed by atoms with Crippen LogP contribution >= 0.6 is 0 Å². The number of rotatable bonds is 4. The molecule has 0 amide bonds. The highest BCUT2D eigenvalue weighted by molar-refractivity contribution is 7.89. The third-order valence-electron chi connectivity index (χ3n) is 3.11. The third kappa shape index (κ3) is 2.85. The molecule has 0 atom stereocenters. The molecule has 1 saturated carbocycles. The van der Waals surface area contributed by atoms with E-state index in [0.717, 1.165) is 31.4 Å². The number of sulfonamides is 1. The molecule has 1 fully saturated rings. The van der Waals surface area contributed by atoms with Crippen LogP contribution in [0.5, 0.6) is 0 Å². The summed E-state index contributed by atoms with van der Waals surface area (Å²) in [7, 11) is -3.92. The maximum atomic E-state index is 13.0. The lowest BCUT2D eigenvalue weighted by Crippen LogP contribution is -2.54. The van der Waals surface area contributed by atoms with Gasteiger partial charge in [-0.15, -0.1) is 0 Å². The standard InChI is InChI=1S/C11H14F2N2O2S/c12-8-4-9(13)6-10(5-8)18(16,17)15-7-11(14)2-1-3-11/h4-6,15H,1-3,7,14H2. The zero-order valence-corrected chi connectivity index (χ0v) is 10.4. The van der Waals surface area contributed by atoms with Gasteiger partial charge in [-0.2, -0.15) is 0 Å². The number of hydrogen-bond donors (Lipinski definition) is 2. The van der Waals surface area contributed by atoms with E-state index in [-0.39, 0.29) is 6.54 Å². The van der Waals surface area contributed by atoms with E-state index in [9.17, 15) is 17.2 Å². The Morgan fingerprint density at radius 3 is 2.22 bits per heavy atom. The van der Waals surface area contributed by atoms with E-state index in [1.165, 1.54) is 0 Å². The molecule has 18 heavy (non-hydrogen) atoms. The molecular weight excluding hydrogens is 262 g/mol. The molecule has 7 heteroatoms. The molecule has 0 unspecified atom stereocenters. The summed E-state index contributed by atoms with van der Waals surface area (Å²) in [5.41, 5.74) is 5.34. The monoisotopic (exact) mass is 276 g/mol. The van der Waals surface area contributed by atoms with Gasteiger partial charge in [0.1, 0.15) is 11.6 Å². The van der Waals surface area contributed by atoms with Crippen molar-refractivity contribution in [2.45, 2.75) is 29.7 Å². The van der Waals surface area contributed by atoms with E-state index in [2.05, 4.69) is 4.72 Å². The predicted octanol–water partition coefficient (Wildman–Crippen LogP) is 1.12. The molecule has 1 aliphatic rings. The first-order valence-corrected chi connectivity index (χ1v) is 7.04. The van der Waals surface area contributed by atoms with E-state index in [1.54, 1.807) is 0 Å². The van der Waals surface area contributed by atoms with Crippen LogP contribution in [-0.4, -0.2) is 20.5 Å². The summed E-state index contributed by atoms with van der Waals surface area (Å²) in [5.74, 6) is -1.86. The maximum Gasteiger partial charge on any atom is 0.240 e. The van der Waals surface area contributed by atoms with Crippen molar-refractivity contribution >= 4 is 10.0 Å². The molecule has 1 aromatic carbocycles. The second-order valence-corrected chi connectivity index (χ2v) is 6.41. The summed E-state index contributed by atoms with van der Waals surface area (Å²) < 4.78 is 51.8. The minimum Gasteiger partial charge on any atom is -0.324 e. The summed E-state index contributed by atoms with van der Waals surface area (Å²) in [6, 6.07) is 2.17. The highest BCUT2D eigenvalue weighted by Crippen LogP contribution is 2.28. The third-order valence-corrected chi connectivity index (χ3v) is 4.49. The Morgan fingerprint density at radius 2 is 1.78 bits per heavy atom. The molecule has 4 nitrogen and oxygen atoms in total. The smallest absolute Gasteiger partial charge is 0.240 e. The normalized spacial score (nSPS) is 18.4. The van der Waals surface area contributed by atoms with E-state index in [0.29, 0.717) is 6.07 Å². The fraction of sp³-hybridized carbons (Fsp3) is 0.455. The highest BCUT2D eigenvalue weighted by Gasteiger charge is 2.33. The lowest BCUT2D eigenvalue weighted by atomic mass is 9.78.